The van der Waals surface area contributed by atoms with Gasteiger partial charge in [0.1, 0.15) is 12.7 Å². The lowest BCUT2D eigenvalue weighted by atomic mass is 9.36. The van der Waals surface area contributed by atoms with Gasteiger partial charge in [-0.25, -0.2) is 4.79 Å². The predicted octanol–water partition coefficient (Wildman–Crippen LogP) is 18.5. The van der Waals surface area contributed by atoms with Crippen molar-refractivity contribution < 1.29 is 34.4 Å². The molecule has 16 rings (SSSR count). The maximum absolute atomic E-state index is 16.4. The number of aliphatic hydroxyl groups is 3. The monoisotopic (exact) mass is 1250 g/mol. The highest BCUT2D eigenvalue weighted by Crippen LogP contribution is 2.77. The third kappa shape index (κ3) is 9.89. The Balaban J connectivity index is 0.828. The summed E-state index contributed by atoms with van der Waals surface area (Å²) < 4.78 is 13.2. The number of ether oxygens (including phenoxy) is 2. The molecule has 93 heavy (non-hydrogen) atoms. The van der Waals surface area contributed by atoms with Crippen LogP contribution in [-0.4, -0.2) is 57.8 Å². The number of aryl methyl sites for hydroxylation is 1. The van der Waals surface area contributed by atoms with Crippen LogP contribution in [0.4, 0.5) is 0 Å². The van der Waals surface area contributed by atoms with Gasteiger partial charge in [-0.1, -0.05) is 193 Å². The number of cyclic esters (lactones) is 1. The largest absolute Gasteiger partial charge is 0.462 e. The van der Waals surface area contributed by atoms with Gasteiger partial charge in [-0.3, -0.25) is 4.79 Å². The smallest absolute Gasteiger partial charge is 0.331 e. The van der Waals surface area contributed by atoms with Crippen molar-refractivity contribution in [3.05, 3.63) is 179 Å². The van der Waals surface area contributed by atoms with E-state index in [0.29, 0.717) is 61.7 Å². The Hall–Kier alpha value is -5.34. The number of carbonyl (C=O) groups is 2. The average Bonchev–Trinajstić information content (AvgIpc) is 1.68. The van der Waals surface area contributed by atoms with E-state index in [1.165, 1.54) is 80.7 Å². The van der Waals surface area contributed by atoms with Crippen molar-refractivity contribution in [2.75, 3.05) is 6.61 Å². The van der Waals surface area contributed by atoms with Crippen molar-refractivity contribution in [2.24, 2.45) is 69.5 Å². The Morgan fingerprint density at radius 1 is 0.656 bits per heavy atom. The third-order valence-electron chi connectivity index (χ3n) is 29.7. The summed E-state index contributed by atoms with van der Waals surface area (Å²) in [6.45, 7) is 7.16. The van der Waals surface area contributed by atoms with Crippen molar-refractivity contribution in [3.8, 4) is 0 Å². The first-order valence-corrected chi connectivity index (χ1v) is 37.7. The highest BCUT2D eigenvalue weighted by Gasteiger charge is 2.76. The van der Waals surface area contributed by atoms with Crippen LogP contribution in [0.3, 0.4) is 0 Å². The topological polar surface area (TPSA) is 113 Å². The van der Waals surface area contributed by atoms with Gasteiger partial charge in [0.05, 0.1) is 29.1 Å². The first kappa shape index (κ1) is 62.5. The molecule has 3 N–H and O–H groups in total. The number of esters is 2. The summed E-state index contributed by atoms with van der Waals surface area (Å²) in [5.74, 6) is 0.218. The van der Waals surface area contributed by atoms with Gasteiger partial charge in [0, 0.05) is 23.3 Å². The predicted molar refractivity (Wildman–Crippen MR) is 369 cm³/mol. The molecule has 9 aliphatic carbocycles. The maximum atomic E-state index is 16.4. The minimum Gasteiger partial charge on any atom is -0.462 e. The molecule has 1 spiro atoms. The fourth-order valence-electron chi connectivity index (χ4n) is 25.7. The van der Waals surface area contributed by atoms with E-state index in [4.69, 9.17) is 9.47 Å². The number of benzene rings is 5. The van der Waals surface area contributed by atoms with E-state index in [9.17, 15) is 20.1 Å². The SMILES string of the molecule is C[C@H](CCCc1ccccc1)C[C@@H]1/C=C/[C@@H]2CC[C@@H](C3(c4ccccc4)CCCCC3)C[C@@H]2C(=O)O[C@@H]2C[C@@H](C)[C@](O)(CCC3=CC(=O)OC3)[C@@]3([C@@H]1O)[C@@H](O)CC[C@@](C)([C@@H]1CC[C@]45CC[C@@H]6C[C@]7(c8ccccc8)CCCC[C@@H]7c7ccc8cccc(c8c7[C@@H]64)[C@@H]5C1)[C@H]23. The summed E-state index contributed by atoms with van der Waals surface area (Å²) in [6.07, 6.45) is 29.7. The molecule has 5 aromatic rings. The number of fused-ring (bicyclic) bond motifs is 4. The molecule has 0 radical (unpaired) electrons. The van der Waals surface area contributed by atoms with E-state index < -0.39 is 52.5 Å². The van der Waals surface area contributed by atoms with Gasteiger partial charge in [0.15, 0.2) is 0 Å². The van der Waals surface area contributed by atoms with Crippen LogP contribution in [0.25, 0.3) is 10.8 Å². The van der Waals surface area contributed by atoms with E-state index in [2.05, 4.69) is 154 Å². The van der Waals surface area contributed by atoms with E-state index in [1.54, 1.807) is 33.7 Å². The Labute approximate surface area is 555 Å². The van der Waals surface area contributed by atoms with Gasteiger partial charge in [0.2, 0.25) is 0 Å². The molecule has 2 bridgehead atoms. The lowest BCUT2D eigenvalue weighted by molar-refractivity contribution is -0.332. The van der Waals surface area contributed by atoms with E-state index in [-0.39, 0.29) is 64.9 Å². The number of rotatable bonds is 13. The van der Waals surface area contributed by atoms with Crippen LogP contribution >= 0.6 is 0 Å². The Morgan fingerprint density at radius 2 is 1.39 bits per heavy atom. The van der Waals surface area contributed by atoms with Crippen molar-refractivity contribution in [2.45, 2.75) is 247 Å². The van der Waals surface area contributed by atoms with Gasteiger partial charge in [-0.05, 0) is 254 Å². The molecule has 5 aromatic carbocycles. The molecule has 7 nitrogen and oxygen atoms in total. The first-order valence-electron chi connectivity index (χ1n) is 37.7. The number of carbonyl (C=O) groups excluding carboxylic acids is 2. The normalized spacial score (nSPS) is 40.5. The van der Waals surface area contributed by atoms with Crippen LogP contribution in [0.5, 0.6) is 0 Å². The second-order valence-electron chi connectivity index (χ2n) is 33.6. The summed E-state index contributed by atoms with van der Waals surface area (Å²) in [4.78, 5) is 29.2. The Bertz CT molecular complexity index is 3620. The summed E-state index contributed by atoms with van der Waals surface area (Å²) in [6, 6.07) is 46.2. The summed E-state index contributed by atoms with van der Waals surface area (Å²) in [5.41, 5.74) is 6.58. The molecule has 492 valence electrons. The second-order valence-corrected chi connectivity index (χ2v) is 33.6. The van der Waals surface area contributed by atoms with Crippen LogP contribution in [0.2, 0.25) is 0 Å². The van der Waals surface area contributed by atoms with E-state index >= 15 is 4.79 Å². The highest BCUT2D eigenvalue weighted by molar-refractivity contribution is 5.93. The zero-order valence-corrected chi connectivity index (χ0v) is 56.2. The molecule has 7 heteroatoms. The first-order chi connectivity index (χ1) is 45.2. The number of aliphatic hydroxyl groups excluding tert-OH is 2. The van der Waals surface area contributed by atoms with Crippen LogP contribution in [0.1, 0.15) is 239 Å². The molecule has 7 fully saturated rings. The Kier molecular flexibility index (Phi) is 16.3. The van der Waals surface area contributed by atoms with Crippen LogP contribution in [0.15, 0.2) is 145 Å². The molecular formula is C86H106O7. The fraction of sp³-hybridized carbons (Fsp3) is 0.605. The van der Waals surface area contributed by atoms with Gasteiger partial charge in [-0.15, -0.1) is 0 Å². The standard InChI is InChI=1S/C86H106O7/c1-55(20-18-23-57-21-8-4-9-22-57)48-61-32-31-59-33-35-66(82(41-15-7-16-42-82)63-25-10-5-11-26-63)51-69(59)80(90)93-72-49-56(2)85(91,47-37-58-50-74(88)92-54-58)86(79(61)89)73(87)40-44-81(3,78(72)86)65-39-46-83-45-38-62-53-84(64-27-12-6-13-28-64)43-17-14-30-70(84)68-36-34-60-24-19-29-67(71(83)52-65)75(60)76(68)77(62)83/h4-6,8-13,19,21-22,24-29,31-32,34,36,50,55-56,59,61-62,65-66,69-73,77-79,87,89,91H,7,14-18,20,23,30,33,35,37-49,51-54H2,1-3H3/b32-31+/t55-,56-,59-,61+,62-,65-,66-,69+,70-,71+,72-,73+,77-,78+,79-,81+,83+,84+,85-,86+/m1/s1. The van der Waals surface area contributed by atoms with Crippen molar-refractivity contribution in [3.63, 3.8) is 0 Å². The molecule has 0 amide bonds. The van der Waals surface area contributed by atoms with Crippen LogP contribution in [-0.2, 0) is 36.3 Å². The van der Waals surface area contributed by atoms with Gasteiger partial charge >= 0.3 is 11.9 Å². The number of allylic oxidation sites excluding steroid dienone is 1. The van der Waals surface area contributed by atoms with Gasteiger partial charge in [-0.2, -0.15) is 0 Å². The highest BCUT2D eigenvalue weighted by atomic mass is 16.5. The van der Waals surface area contributed by atoms with Crippen molar-refractivity contribution in [1.82, 2.24) is 0 Å². The maximum Gasteiger partial charge on any atom is 0.331 e. The van der Waals surface area contributed by atoms with E-state index in [1.807, 2.05) is 0 Å². The summed E-state index contributed by atoms with van der Waals surface area (Å²) in [7, 11) is 0. The number of hydrogen-bond acceptors (Lipinski definition) is 7. The quantitative estimate of drug-likeness (QED) is 0.0795. The summed E-state index contributed by atoms with van der Waals surface area (Å²) in [5, 5.41) is 46.5. The molecule has 0 saturated heterocycles. The number of hydrogen-bond donors (Lipinski definition) is 3. The molecule has 7 saturated carbocycles. The third-order valence-corrected chi connectivity index (χ3v) is 29.7. The van der Waals surface area contributed by atoms with Crippen molar-refractivity contribution >= 4 is 22.7 Å². The minimum absolute atomic E-state index is 0.00244. The lowest BCUT2D eigenvalue weighted by Gasteiger charge is -2.71. The average molecular weight is 1250 g/mol. The second kappa shape index (κ2) is 24.3. The molecule has 0 aromatic heterocycles. The molecule has 2 aliphatic heterocycles. The molecule has 11 aliphatic rings. The van der Waals surface area contributed by atoms with Gasteiger partial charge in [0.25, 0.3) is 0 Å². The molecule has 20 atom stereocenters. The van der Waals surface area contributed by atoms with Crippen LogP contribution in [0, 0.1) is 69.5 Å². The zero-order valence-electron chi connectivity index (χ0n) is 56.2. The Morgan fingerprint density at radius 3 is 2.15 bits per heavy atom. The minimum atomic E-state index is -1.61. The fourth-order valence-corrected chi connectivity index (χ4v) is 25.7. The molecule has 0 unspecified atom stereocenters. The summed E-state index contributed by atoms with van der Waals surface area (Å²) >= 11 is 0. The van der Waals surface area contributed by atoms with Crippen LogP contribution < -0.4 is 0 Å². The molecular weight excluding hydrogens is 1140 g/mol. The van der Waals surface area contributed by atoms with Crippen molar-refractivity contribution in [1.29, 1.82) is 0 Å². The lowest BCUT2D eigenvalue weighted by Crippen LogP contribution is -2.77. The molecule has 2 heterocycles. The zero-order chi connectivity index (χ0) is 63.5. The van der Waals surface area contributed by atoms with Gasteiger partial charge < -0.3 is 24.8 Å². The van der Waals surface area contributed by atoms with E-state index in [0.717, 1.165) is 76.2 Å².